The Morgan fingerprint density at radius 1 is 1.45 bits per heavy atom. The number of benzene rings is 1. The van der Waals surface area contributed by atoms with Crippen LogP contribution in [0.3, 0.4) is 0 Å². The van der Waals surface area contributed by atoms with Crippen molar-refractivity contribution in [2.24, 2.45) is 5.73 Å². The summed E-state index contributed by atoms with van der Waals surface area (Å²) in [6, 6.07) is 8.41. The number of nitriles is 1. The second-order valence-electron chi connectivity index (χ2n) is 3.80. The first-order chi connectivity index (χ1) is 9.54. The van der Waals surface area contributed by atoms with Gasteiger partial charge in [0.05, 0.1) is 27.8 Å². The lowest BCUT2D eigenvalue weighted by atomic mass is 10.0. The van der Waals surface area contributed by atoms with Gasteiger partial charge < -0.3 is 5.73 Å². The van der Waals surface area contributed by atoms with Crippen LogP contribution in [-0.4, -0.2) is 4.92 Å². The summed E-state index contributed by atoms with van der Waals surface area (Å²) in [6.07, 6.45) is 0. The van der Waals surface area contributed by atoms with Crippen LogP contribution in [0, 0.1) is 27.3 Å². The Labute approximate surface area is 117 Å². The zero-order chi connectivity index (χ0) is 14.7. The highest BCUT2D eigenvalue weighted by Crippen LogP contribution is 2.30. The zero-order valence-corrected chi connectivity index (χ0v) is 10.9. The SMILES string of the molecule is N#C/C(=C(/N)c1ccc(F)cc1[N+](=O)[O-])c1cccs1. The van der Waals surface area contributed by atoms with Crippen LogP contribution in [0.2, 0.25) is 0 Å². The number of halogens is 1. The molecular formula is C13H8FN3O2S. The second kappa shape index (κ2) is 5.50. The van der Waals surface area contributed by atoms with Gasteiger partial charge in [0.25, 0.3) is 5.69 Å². The molecule has 2 N–H and O–H groups in total. The van der Waals surface area contributed by atoms with Gasteiger partial charge in [-0.25, -0.2) is 4.39 Å². The monoisotopic (exact) mass is 289 g/mol. The Balaban J connectivity index is 2.67. The molecule has 0 bridgehead atoms. The average molecular weight is 289 g/mol. The number of hydrogen-bond acceptors (Lipinski definition) is 5. The molecule has 0 radical (unpaired) electrons. The number of hydrogen-bond donors (Lipinski definition) is 1. The van der Waals surface area contributed by atoms with Crippen molar-refractivity contribution in [3.05, 3.63) is 62.1 Å². The summed E-state index contributed by atoms with van der Waals surface area (Å²) in [6.45, 7) is 0. The molecular weight excluding hydrogens is 281 g/mol. The predicted octanol–water partition coefficient (Wildman–Crippen LogP) is 3.15. The number of thiophene rings is 1. The molecule has 0 spiro atoms. The molecule has 0 amide bonds. The van der Waals surface area contributed by atoms with E-state index in [1.807, 2.05) is 6.07 Å². The summed E-state index contributed by atoms with van der Waals surface area (Å²) in [5, 5.41) is 21.9. The van der Waals surface area contributed by atoms with Crippen molar-refractivity contribution < 1.29 is 9.31 Å². The first-order valence-electron chi connectivity index (χ1n) is 5.42. The third kappa shape index (κ3) is 2.50. The van der Waals surface area contributed by atoms with Gasteiger partial charge in [-0.3, -0.25) is 10.1 Å². The molecule has 2 aromatic rings. The quantitative estimate of drug-likeness (QED) is 0.533. The van der Waals surface area contributed by atoms with Gasteiger partial charge in [-0.1, -0.05) is 6.07 Å². The van der Waals surface area contributed by atoms with E-state index in [0.717, 1.165) is 12.1 Å². The number of nitro benzene ring substituents is 1. The molecule has 20 heavy (non-hydrogen) atoms. The molecule has 100 valence electrons. The van der Waals surface area contributed by atoms with Crippen molar-refractivity contribution in [2.45, 2.75) is 0 Å². The van der Waals surface area contributed by atoms with E-state index in [9.17, 15) is 19.8 Å². The van der Waals surface area contributed by atoms with E-state index in [-0.39, 0.29) is 16.8 Å². The van der Waals surface area contributed by atoms with Crippen molar-refractivity contribution in [1.29, 1.82) is 5.26 Å². The minimum absolute atomic E-state index is 0.0290. The Hall–Kier alpha value is -2.72. The normalized spacial score (nSPS) is 11.6. The summed E-state index contributed by atoms with van der Waals surface area (Å²) in [5.41, 5.74) is 5.52. The molecule has 1 aromatic carbocycles. The third-order valence-electron chi connectivity index (χ3n) is 2.60. The van der Waals surface area contributed by atoms with Gasteiger partial charge in [0.1, 0.15) is 11.9 Å². The number of nitrogens with zero attached hydrogens (tertiary/aromatic N) is 2. The van der Waals surface area contributed by atoms with E-state index in [0.29, 0.717) is 4.88 Å². The van der Waals surface area contributed by atoms with E-state index in [4.69, 9.17) is 5.73 Å². The van der Waals surface area contributed by atoms with Crippen molar-refractivity contribution in [1.82, 2.24) is 0 Å². The number of nitrogens with two attached hydrogens (primary N) is 1. The highest BCUT2D eigenvalue weighted by molar-refractivity contribution is 7.11. The van der Waals surface area contributed by atoms with Crippen molar-refractivity contribution >= 4 is 28.3 Å². The molecule has 0 aliphatic rings. The Morgan fingerprint density at radius 3 is 2.75 bits per heavy atom. The first kappa shape index (κ1) is 13.7. The van der Waals surface area contributed by atoms with Gasteiger partial charge in [-0.15, -0.1) is 11.3 Å². The van der Waals surface area contributed by atoms with Crippen molar-refractivity contribution in [2.75, 3.05) is 0 Å². The van der Waals surface area contributed by atoms with Gasteiger partial charge in [-0.05, 0) is 23.6 Å². The minimum Gasteiger partial charge on any atom is -0.397 e. The average Bonchev–Trinajstić information content (AvgIpc) is 2.93. The lowest BCUT2D eigenvalue weighted by Crippen LogP contribution is -2.04. The van der Waals surface area contributed by atoms with E-state index < -0.39 is 16.4 Å². The maximum absolute atomic E-state index is 13.1. The van der Waals surface area contributed by atoms with Gasteiger partial charge in [-0.2, -0.15) is 5.26 Å². The molecule has 2 rings (SSSR count). The molecule has 0 aliphatic carbocycles. The zero-order valence-electron chi connectivity index (χ0n) is 10.0. The Morgan fingerprint density at radius 2 is 2.20 bits per heavy atom. The number of nitro groups is 1. The summed E-state index contributed by atoms with van der Waals surface area (Å²) in [4.78, 5) is 10.8. The number of rotatable bonds is 3. The standard InChI is InChI=1S/C13H8FN3O2S/c14-8-3-4-9(11(6-8)17(18)19)13(16)10(7-15)12-2-1-5-20-12/h1-6H,16H2/b13-10-. The van der Waals surface area contributed by atoms with Crippen molar-refractivity contribution in [3.8, 4) is 6.07 Å². The fourth-order valence-corrected chi connectivity index (χ4v) is 2.42. The topological polar surface area (TPSA) is 93.0 Å². The fraction of sp³-hybridized carbons (Fsp3) is 0. The van der Waals surface area contributed by atoms with Gasteiger partial charge in [0, 0.05) is 4.88 Å². The minimum atomic E-state index is -0.733. The molecule has 0 aliphatic heterocycles. The Kier molecular flexibility index (Phi) is 3.77. The second-order valence-corrected chi connectivity index (χ2v) is 4.74. The Bertz CT molecular complexity index is 733. The lowest BCUT2D eigenvalue weighted by molar-refractivity contribution is -0.385. The third-order valence-corrected chi connectivity index (χ3v) is 3.48. The van der Waals surface area contributed by atoms with Crippen LogP contribution < -0.4 is 5.73 Å². The first-order valence-corrected chi connectivity index (χ1v) is 6.30. The summed E-state index contributed by atoms with van der Waals surface area (Å²) in [7, 11) is 0. The molecule has 0 unspecified atom stereocenters. The van der Waals surface area contributed by atoms with Crippen LogP contribution in [0.25, 0.3) is 11.3 Å². The largest absolute Gasteiger partial charge is 0.397 e. The fourth-order valence-electron chi connectivity index (χ4n) is 1.69. The van der Waals surface area contributed by atoms with Crippen LogP contribution in [0.1, 0.15) is 10.4 Å². The molecule has 0 fully saturated rings. The summed E-state index contributed by atoms with van der Waals surface area (Å²) < 4.78 is 13.1. The highest BCUT2D eigenvalue weighted by atomic mass is 32.1. The predicted molar refractivity (Wildman–Crippen MR) is 74.0 cm³/mol. The maximum Gasteiger partial charge on any atom is 0.281 e. The van der Waals surface area contributed by atoms with E-state index in [1.54, 1.807) is 17.5 Å². The van der Waals surface area contributed by atoms with Crippen molar-refractivity contribution in [3.63, 3.8) is 0 Å². The smallest absolute Gasteiger partial charge is 0.281 e. The van der Waals surface area contributed by atoms with Crippen LogP contribution in [0.4, 0.5) is 10.1 Å². The van der Waals surface area contributed by atoms with Gasteiger partial charge in [0.2, 0.25) is 0 Å². The van der Waals surface area contributed by atoms with Gasteiger partial charge in [0.15, 0.2) is 0 Å². The summed E-state index contributed by atoms with van der Waals surface area (Å²) >= 11 is 1.29. The van der Waals surface area contributed by atoms with Gasteiger partial charge >= 0.3 is 0 Å². The van der Waals surface area contributed by atoms with Crippen LogP contribution in [0.5, 0.6) is 0 Å². The highest BCUT2D eigenvalue weighted by Gasteiger charge is 2.20. The molecule has 0 atom stereocenters. The lowest BCUT2D eigenvalue weighted by Gasteiger charge is -2.05. The molecule has 1 heterocycles. The van der Waals surface area contributed by atoms with Crippen LogP contribution in [0.15, 0.2) is 35.7 Å². The van der Waals surface area contributed by atoms with E-state index in [2.05, 4.69) is 0 Å². The van der Waals surface area contributed by atoms with E-state index in [1.165, 1.54) is 17.4 Å². The summed E-state index contributed by atoms with van der Waals surface area (Å²) in [5.74, 6) is -0.733. The number of allylic oxidation sites excluding steroid dienone is 1. The molecule has 5 nitrogen and oxygen atoms in total. The van der Waals surface area contributed by atoms with E-state index >= 15 is 0 Å². The molecule has 0 saturated carbocycles. The van der Waals surface area contributed by atoms with Crippen LogP contribution in [-0.2, 0) is 0 Å². The molecule has 7 heteroatoms. The molecule has 1 aromatic heterocycles. The molecule has 0 saturated heterocycles. The van der Waals surface area contributed by atoms with Crippen LogP contribution >= 0.6 is 11.3 Å². The maximum atomic E-state index is 13.1.